The number of aliphatic imine (C=N–C) groups is 1. The van der Waals surface area contributed by atoms with Crippen LogP contribution in [0.25, 0.3) is 0 Å². The second kappa shape index (κ2) is 9.10. The van der Waals surface area contributed by atoms with Crippen molar-refractivity contribution in [3.8, 4) is 0 Å². The van der Waals surface area contributed by atoms with Crippen molar-refractivity contribution in [2.24, 2.45) is 16.8 Å². The van der Waals surface area contributed by atoms with Crippen LogP contribution in [0.3, 0.4) is 0 Å². The zero-order valence-corrected chi connectivity index (χ0v) is 17.9. The van der Waals surface area contributed by atoms with E-state index >= 15 is 0 Å². The largest absolute Gasteiger partial charge is 0.444 e. The molecule has 0 radical (unpaired) electrons. The van der Waals surface area contributed by atoms with Gasteiger partial charge >= 0.3 is 6.09 Å². The molecule has 2 fully saturated rings. The molecule has 7 heteroatoms. The van der Waals surface area contributed by atoms with Gasteiger partial charge in [0.2, 0.25) is 0 Å². The maximum Gasteiger partial charge on any atom is 0.410 e. The maximum atomic E-state index is 12.1. The van der Waals surface area contributed by atoms with Crippen molar-refractivity contribution in [1.82, 2.24) is 15.5 Å². The molecule has 2 rings (SSSR count). The Kier molecular flexibility index (Phi) is 8.08. The van der Waals surface area contributed by atoms with Gasteiger partial charge in [-0.25, -0.2) is 4.79 Å². The molecule has 0 spiro atoms. The summed E-state index contributed by atoms with van der Waals surface area (Å²) >= 11 is 0. The van der Waals surface area contributed by atoms with Gasteiger partial charge in [-0.2, -0.15) is 0 Å². The van der Waals surface area contributed by atoms with Crippen molar-refractivity contribution in [2.45, 2.75) is 58.6 Å². The first-order chi connectivity index (χ1) is 10.8. The Morgan fingerprint density at radius 3 is 2.33 bits per heavy atom. The summed E-state index contributed by atoms with van der Waals surface area (Å²) in [5.74, 6) is 2.23. The van der Waals surface area contributed by atoms with Gasteiger partial charge in [-0.05, 0) is 51.9 Å². The van der Waals surface area contributed by atoms with Crippen LogP contribution in [0.4, 0.5) is 4.79 Å². The number of carbonyl (C=O) groups excluding carboxylic acids is 1. The minimum absolute atomic E-state index is 0. The molecule has 2 aliphatic rings. The normalized spacial score (nSPS) is 24.9. The number of carbonyl (C=O) groups is 1. The smallest absolute Gasteiger partial charge is 0.410 e. The summed E-state index contributed by atoms with van der Waals surface area (Å²) in [6.07, 6.45) is 3.05. The Hall–Kier alpha value is -0.730. The Balaban J connectivity index is 0.00000288. The van der Waals surface area contributed by atoms with E-state index in [4.69, 9.17) is 4.74 Å². The summed E-state index contributed by atoms with van der Waals surface area (Å²) in [5.41, 5.74) is -0.423. The van der Waals surface area contributed by atoms with Gasteiger partial charge in [0, 0.05) is 32.7 Å². The third-order valence-corrected chi connectivity index (χ3v) is 4.48. The number of nitrogens with one attached hydrogen (secondary N) is 2. The summed E-state index contributed by atoms with van der Waals surface area (Å²) in [6, 6.07) is 0.579. The lowest BCUT2D eigenvalue weighted by atomic mass is 9.97. The number of piperidine rings is 1. The highest BCUT2D eigenvalue weighted by atomic mass is 127. The third kappa shape index (κ3) is 7.03. The van der Waals surface area contributed by atoms with Gasteiger partial charge in [0.1, 0.15) is 5.60 Å². The van der Waals surface area contributed by atoms with Gasteiger partial charge in [-0.15, -0.1) is 24.0 Å². The number of guanidine groups is 1. The maximum absolute atomic E-state index is 12.1. The van der Waals surface area contributed by atoms with E-state index in [9.17, 15) is 4.79 Å². The van der Waals surface area contributed by atoms with Gasteiger partial charge in [0.05, 0.1) is 0 Å². The topological polar surface area (TPSA) is 66.0 Å². The molecule has 1 aliphatic heterocycles. The molecule has 2 atom stereocenters. The van der Waals surface area contributed by atoms with Crippen molar-refractivity contribution < 1.29 is 9.53 Å². The monoisotopic (exact) mass is 452 g/mol. The number of hydrogen-bond donors (Lipinski definition) is 2. The Morgan fingerprint density at radius 1 is 1.29 bits per heavy atom. The first-order valence-electron chi connectivity index (χ1n) is 8.73. The molecule has 0 bridgehead atoms. The second-order valence-corrected chi connectivity index (χ2v) is 7.83. The molecule has 6 nitrogen and oxygen atoms in total. The van der Waals surface area contributed by atoms with Crippen LogP contribution in [0.15, 0.2) is 4.99 Å². The molecule has 140 valence electrons. The third-order valence-electron chi connectivity index (χ3n) is 4.48. The first kappa shape index (κ1) is 21.3. The van der Waals surface area contributed by atoms with Gasteiger partial charge in [0.25, 0.3) is 0 Å². The molecule has 0 aromatic carbocycles. The fourth-order valence-corrected chi connectivity index (χ4v) is 2.78. The second-order valence-electron chi connectivity index (χ2n) is 7.83. The fourth-order valence-electron chi connectivity index (χ4n) is 2.78. The minimum Gasteiger partial charge on any atom is -0.444 e. The zero-order chi connectivity index (χ0) is 17.0. The van der Waals surface area contributed by atoms with E-state index in [0.29, 0.717) is 12.0 Å². The molecule has 2 N–H and O–H groups in total. The highest BCUT2D eigenvalue weighted by Crippen LogP contribution is 2.28. The molecule has 1 heterocycles. The van der Waals surface area contributed by atoms with Gasteiger partial charge < -0.3 is 20.3 Å². The van der Waals surface area contributed by atoms with E-state index in [1.807, 2.05) is 32.7 Å². The minimum atomic E-state index is -0.423. The average molecular weight is 452 g/mol. The lowest BCUT2D eigenvalue weighted by Crippen LogP contribution is -2.45. The molecular formula is C17H33IN4O2. The lowest BCUT2D eigenvalue weighted by Gasteiger charge is -2.33. The van der Waals surface area contributed by atoms with E-state index in [-0.39, 0.29) is 30.1 Å². The summed E-state index contributed by atoms with van der Waals surface area (Å²) in [6.45, 7) is 10.4. The van der Waals surface area contributed by atoms with Crippen LogP contribution in [-0.4, -0.2) is 55.3 Å². The zero-order valence-electron chi connectivity index (χ0n) is 15.6. The molecule has 1 amide bonds. The van der Waals surface area contributed by atoms with Gasteiger partial charge in [-0.3, -0.25) is 4.99 Å². The predicted octanol–water partition coefficient (Wildman–Crippen LogP) is 2.82. The van der Waals surface area contributed by atoms with Crippen molar-refractivity contribution in [1.29, 1.82) is 0 Å². The van der Waals surface area contributed by atoms with E-state index in [1.165, 1.54) is 6.42 Å². The molecule has 0 aromatic rings. The Bertz CT molecular complexity index is 442. The van der Waals surface area contributed by atoms with Crippen LogP contribution in [0, 0.1) is 11.8 Å². The van der Waals surface area contributed by atoms with Crippen LogP contribution in [0.5, 0.6) is 0 Å². The fraction of sp³-hybridized carbons (Fsp3) is 0.882. The van der Waals surface area contributed by atoms with Crippen LogP contribution in [0.2, 0.25) is 0 Å². The highest BCUT2D eigenvalue weighted by Gasteiger charge is 2.33. The molecule has 1 saturated carbocycles. The average Bonchev–Trinajstić information content (AvgIpc) is 3.17. The van der Waals surface area contributed by atoms with Gasteiger partial charge in [0.15, 0.2) is 5.96 Å². The summed E-state index contributed by atoms with van der Waals surface area (Å²) in [4.78, 5) is 18.2. The van der Waals surface area contributed by atoms with E-state index in [0.717, 1.165) is 44.4 Å². The predicted molar refractivity (Wildman–Crippen MR) is 108 cm³/mol. The SMILES string of the molecule is CN=C(NCC1CCN(C(=O)OC(C)(C)C)CC1)NC1CC1C.I. The Labute approximate surface area is 163 Å². The van der Waals surface area contributed by atoms with Gasteiger partial charge in [-0.1, -0.05) is 6.92 Å². The summed E-state index contributed by atoms with van der Waals surface area (Å²) < 4.78 is 5.43. The molecule has 24 heavy (non-hydrogen) atoms. The van der Waals surface area contributed by atoms with Crippen LogP contribution in [-0.2, 0) is 4.74 Å². The van der Waals surface area contributed by atoms with Crippen LogP contribution in [0.1, 0.15) is 47.0 Å². The van der Waals surface area contributed by atoms with Crippen molar-refractivity contribution in [3.63, 3.8) is 0 Å². The number of halogens is 1. The molecule has 1 saturated heterocycles. The number of rotatable bonds is 3. The number of likely N-dealkylation sites (tertiary alicyclic amines) is 1. The van der Waals surface area contributed by atoms with E-state index < -0.39 is 5.60 Å². The molecule has 2 unspecified atom stereocenters. The molecule has 0 aromatic heterocycles. The highest BCUT2D eigenvalue weighted by molar-refractivity contribution is 14.0. The standard InChI is InChI=1S/C17H32N4O2.HI/c1-12-10-14(12)20-15(18-5)19-11-13-6-8-21(9-7-13)16(22)23-17(2,3)4;/h12-14H,6-11H2,1-5H3,(H2,18,19,20);1H. The van der Waals surface area contributed by atoms with Crippen LogP contribution >= 0.6 is 24.0 Å². The summed E-state index contributed by atoms with van der Waals surface area (Å²) in [5, 5.41) is 6.85. The number of nitrogens with zero attached hydrogens (tertiary/aromatic N) is 2. The van der Waals surface area contributed by atoms with E-state index in [1.54, 1.807) is 0 Å². The number of ether oxygens (including phenoxy) is 1. The Morgan fingerprint density at radius 2 is 1.88 bits per heavy atom. The first-order valence-corrected chi connectivity index (χ1v) is 8.73. The molecular weight excluding hydrogens is 419 g/mol. The van der Waals surface area contributed by atoms with Crippen molar-refractivity contribution in [3.05, 3.63) is 0 Å². The lowest BCUT2D eigenvalue weighted by molar-refractivity contribution is 0.0185. The number of amides is 1. The van der Waals surface area contributed by atoms with E-state index in [2.05, 4.69) is 22.5 Å². The molecule has 1 aliphatic carbocycles. The van der Waals surface area contributed by atoms with Crippen molar-refractivity contribution in [2.75, 3.05) is 26.7 Å². The number of hydrogen-bond acceptors (Lipinski definition) is 3. The van der Waals surface area contributed by atoms with Crippen molar-refractivity contribution >= 4 is 36.0 Å². The summed E-state index contributed by atoms with van der Waals surface area (Å²) in [7, 11) is 1.81. The van der Waals surface area contributed by atoms with Crippen LogP contribution < -0.4 is 10.6 Å². The quantitative estimate of drug-likeness (QED) is 0.393.